The van der Waals surface area contributed by atoms with E-state index in [1.54, 1.807) is 0 Å². The van der Waals surface area contributed by atoms with E-state index in [4.69, 9.17) is 9.72 Å². The first-order valence-corrected chi connectivity index (χ1v) is 26.6. The number of nitrogens with zero attached hydrogens (tertiary/aromatic N) is 4. The molecule has 0 spiro atoms. The van der Waals surface area contributed by atoms with Crippen LogP contribution >= 0.6 is 0 Å². The molecule has 11 aromatic rings. The predicted molar refractivity (Wildman–Crippen MR) is 307 cm³/mol. The van der Waals surface area contributed by atoms with Crippen LogP contribution in [0.1, 0.15) is 106 Å². The average molecular weight is 969 g/mol. The van der Waals surface area contributed by atoms with Gasteiger partial charge in [-0.05, 0) is 153 Å². The molecule has 1 aliphatic heterocycles. The highest BCUT2D eigenvalue weighted by atomic mass is 16.5. The zero-order chi connectivity index (χ0) is 50.3. The third-order valence-corrected chi connectivity index (χ3v) is 17.0. The van der Waals surface area contributed by atoms with Gasteiger partial charge in [-0.1, -0.05) is 154 Å². The van der Waals surface area contributed by atoms with Crippen molar-refractivity contribution >= 4 is 44.6 Å². The molecule has 362 valence electrons. The summed E-state index contributed by atoms with van der Waals surface area (Å²) < 4.78 is 9.25. The summed E-state index contributed by atoms with van der Waals surface area (Å²) >= 11 is 0. The second kappa shape index (κ2) is 16.4. The molecule has 0 radical (unpaired) electrons. The molecule has 7 aliphatic rings. The summed E-state index contributed by atoms with van der Waals surface area (Å²) in [7, 11) is 0. The van der Waals surface area contributed by atoms with Crippen molar-refractivity contribution in [3.63, 3.8) is 0 Å². The molecule has 6 aliphatic carbocycles. The molecule has 5 nitrogen and oxygen atoms in total. The van der Waals surface area contributed by atoms with Crippen LogP contribution in [0, 0.1) is 13.8 Å². The first-order chi connectivity index (χ1) is 36.6. The van der Waals surface area contributed by atoms with Crippen LogP contribution in [-0.2, 0) is 5.41 Å². The SMILES string of the molecule is Cc1ccc2c(c1)C1c3c(cc(C)cc3N3CN(c4cccc(Oc5ccc6c7cc(-c8ccccc8)ccc7n(-c7cc(C(C)(C)C)ccn7)c6c5)c4)c4ccccc43)C2C2c3ccccc3C1c1ccccc12. The van der Waals surface area contributed by atoms with Crippen molar-refractivity contribution in [3.8, 4) is 28.4 Å². The fraction of sp³-hybridized carbons (Fsp3) is 0.157. The fourth-order valence-corrected chi connectivity index (χ4v) is 13.7. The van der Waals surface area contributed by atoms with Crippen LogP contribution in [0.3, 0.4) is 0 Å². The summed E-state index contributed by atoms with van der Waals surface area (Å²) in [6, 6.07) is 76.9. The smallest absolute Gasteiger partial charge is 0.137 e. The third-order valence-electron chi connectivity index (χ3n) is 17.0. The lowest BCUT2D eigenvalue weighted by molar-refractivity contribution is 0.483. The van der Waals surface area contributed by atoms with Crippen molar-refractivity contribution in [1.82, 2.24) is 9.55 Å². The molecule has 0 N–H and O–H groups in total. The van der Waals surface area contributed by atoms with Gasteiger partial charge in [0.15, 0.2) is 0 Å². The van der Waals surface area contributed by atoms with E-state index in [1.165, 1.54) is 94.8 Å². The van der Waals surface area contributed by atoms with E-state index in [0.29, 0.717) is 6.67 Å². The van der Waals surface area contributed by atoms with Gasteiger partial charge in [-0.15, -0.1) is 0 Å². The monoisotopic (exact) mass is 968 g/mol. The number of aryl methyl sites for hydroxylation is 2. The molecule has 18 rings (SSSR count). The molecular weight excluding hydrogens is 913 g/mol. The zero-order valence-electron chi connectivity index (χ0n) is 42.9. The Morgan fingerprint density at radius 2 is 1.09 bits per heavy atom. The van der Waals surface area contributed by atoms with Crippen LogP contribution in [-0.4, -0.2) is 16.2 Å². The molecule has 0 fully saturated rings. The molecule has 9 aromatic carbocycles. The molecule has 0 amide bonds. The molecule has 0 saturated carbocycles. The molecule has 2 unspecified atom stereocenters. The second-order valence-corrected chi connectivity index (χ2v) is 22.4. The normalized spacial score (nSPS) is 17.8. The summed E-state index contributed by atoms with van der Waals surface area (Å²) in [5.74, 6) is 3.13. The average Bonchev–Trinajstić information content (AvgIpc) is 3.98. The predicted octanol–water partition coefficient (Wildman–Crippen LogP) is 17.7. The van der Waals surface area contributed by atoms with Crippen molar-refractivity contribution < 1.29 is 4.74 Å². The van der Waals surface area contributed by atoms with E-state index in [1.807, 2.05) is 6.20 Å². The van der Waals surface area contributed by atoms with E-state index in [9.17, 15) is 0 Å². The van der Waals surface area contributed by atoms with E-state index in [-0.39, 0.29) is 29.1 Å². The van der Waals surface area contributed by atoms with Gasteiger partial charge in [0, 0.05) is 64.1 Å². The van der Waals surface area contributed by atoms with Crippen molar-refractivity contribution in [3.05, 3.63) is 274 Å². The number of hydrogen-bond donors (Lipinski definition) is 0. The number of benzene rings is 9. The van der Waals surface area contributed by atoms with Crippen molar-refractivity contribution in [2.24, 2.45) is 0 Å². The van der Waals surface area contributed by atoms with Gasteiger partial charge in [-0.3, -0.25) is 4.57 Å². The molecule has 75 heavy (non-hydrogen) atoms. The van der Waals surface area contributed by atoms with Crippen LogP contribution in [0.15, 0.2) is 212 Å². The first-order valence-electron chi connectivity index (χ1n) is 26.6. The maximum atomic E-state index is 6.95. The van der Waals surface area contributed by atoms with Crippen LogP contribution < -0.4 is 14.5 Å². The highest BCUT2D eigenvalue weighted by Gasteiger charge is 2.51. The first kappa shape index (κ1) is 43.9. The largest absolute Gasteiger partial charge is 0.457 e. The van der Waals surface area contributed by atoms with Gasteiger partial charge in [-0.25, -0.2) is 4.98 Å². The van der Waals surface area contributed by atoms with Crippen LogP contribution in [0.2, 0.25) is 0 Å². The lowest BCUT2D eigenvalue weighted by Crippen LogP contribution is -2.37. The molecule has 4 bridgehead atoms. The van der Waals surface area contributed by atoms with E-state index in [2.05, 4.69) is 255 Å². The number of anilines is 4. The number of ether oxygens (including phenoxy) is 1. The third kappa shape index (κ3) is 6.73. The van der Waals surface area contributed by atoms with Gasteiger partial charge in [0.2, 0.25) is 0 Å². The van der Waals surface area contributed by atoms with E-state index < -0.39 is 0 Å². The van der Waals surface area contributed by atoms with Gasteiger partial charge >= 0.3 is 0 Å². The summed E-state index contributed by atoms with van der Waals surface area (Å²) in [6.07, 6.45) is 1.94. The quantitative estimate of drug-likeness (QED) is 0.166. The minimum absolute atomic E-state index is 0.0357. The fourth-order valence-electron chi connectivity index (χ4n) is 13.7. The van der Waals surface area contributed by atoms with E-state index in [0.717, 1.165) is 39.4 Å². The van der Waals surface area contributed by atoms with Crippen LogP contribution in [0.4, 0.5) is 22.7 Å². The summed E-state index contributed by atoms with van der Waals surface area (Å²) in [6.45, 7) is 12.0. The number of rotatable bonds is 6. The summed E-state index contributed by atoms with van der Waals surface area (Å²) in [5.41, 5.74) is 24.9. The van der Waals surface area contributed by atoms with Gasteiger partial charge in [-0.2, -0.15) is 0 Å². The van der Waals surface area contributed by atoms with Crippen LogP contribution in [0.5, 0.6) is 11.5 Å². The lowest BCUT2D eigenvalue weighted by atomic mass is 9.52. The number of hydrogen-bond acceptors (Lipinski definition) is 4. The van der Waals surface area contributed by atoms with Gasteiger partial charge < -0.3 is 14.5 Å². The van der Waals surface area contributed by atoms with Gasteiger partial charge in [0.05, 0.1) is 22.4 Å². The highest BCUT2D eigenvalue weighted by molar-refractivity contribution is 6.10. The standard InChI is InChI=1S/C70H56N4O/c1-42-26-29-55-57(34-42)69-66-53-22-11-9-20-51(53)65(52-21-10-12-23-54(52)66)67(55)58-35-43(2)36-63(68(58)69)73-41-72(60-24-13-14-25-61(60)73)47-18-15-19-48(39-47)75-49-28-30-50-56-37-45(44-16-7-6-8-17-44)27-31-59(56)74(62(50)40-49)64-38-46(32-33-71-64)70(3,4)5/h6-40,65-67,69H,41H2,1-5H3. The molecular formula is C70H56N4O. The minimum Gasteiger partial charge on any atom is -0.457 e. The van der Waals surface area contributed by atoms with Crippen LogP contribution in [0.25, 0.3) is 38.8 Å². The summed E-state index contributed by atoms with van der Waals surface area (Å²) in [5, 5.41) is 2.33. The topological polar surface area (TPSA) is 33.5 Å². The van der Waals surface area contributed by atoms with Crippen molar-refractivity contribution in [1.29, 1.82) is 0 Å². The minimum atomic E-state index is -0.0357. The number of para-hydroxylation sites is 2. The zero-order valence-corrected chi connectivity index (χ0v) is 42.9. The van der Waals surface area contributed by atoms with Crippen molar-refractivity contribution in [2.75, 3.05) is 16.5 Å². The number of aromatic nitrogens is 2. The Bertz CT molecular complexity index is 4090. The Kier molecular flexibility index (Phi) is 9.60. The second-order valence-electron chi connectivity index (χ2n) is 22.4. The maximum Gasteiger partial charge on any atom is 0.137 e. The molecule has 0 saturated heterocycles. The Balaban J connectivity index is 0.828. The van der Waals surface area contributed by atoms with Gasteiger partial charge in [0.1, 0.15) is 24.0 Å². The Labute approximate surface area is 439 Å². The van der Waals surface area contributed by atoms with E-state index >= 15 is 0 Å². The maximum absolute atomic E-state index is 6.95. The Morgan fingerprint density at radius 1 is 0.440 bits per heavy atom. The highest BCUT2D eigenvalue weighted by Crippen LogP contribution is 2.66. The Hall–Kier alpha value is -8.67. The van der Waals surface area contributed by atoms with Gasteiger partial charge in [0.25, 0.3) is 0 Å². The molecule has 3 heterocycles. The number of fused-ring (bicyclic) bond motifs is 4. The Morgan fingerprint density at radius 3 is 1.84 bits per heavy atom. The molecule has 5 heteroatoms. The molecule has 2 aromatic heterocycles. The lowest BCUT2D eigenvalue weighted by Gasteiger charge is -2.51. The molecule has 2 atom stereocenters. The van der Waals surface area contributed by atoms with Crippen molar-refractivity contribution in [2.45, 2.75) is 63.7 Å². The number of pyridine rings is 1. The summed E-state index contributed by atoms with van der Waals surface area (Å²) in [4.78, 5) is 10.1.